The molecule has 0 saturated heterocycles. The monoisotopic (exact) mass is 210 g/mol. The summed E-state index contributed by atoms with van der Waals surface area (Å²) >= 11 is 0. The maximum Gasteiger partial charge on any atom is 0.310 e. The van der Waals surface area contributed by atoms with Crippen LogP contribution in [-0.4, -0.2) is 16.1 Å². The molecule has 82 valence electrons. The Bertz CT molecular complexity index is 364. The standard InChI is InChI=1S/C10H14N2O3/c1-7(11)2-3-8-4-5-9(12(14)15)10(13)6-8/h4-7,13H,2-3,11H2,1H3/t7-/m1/s1. The topological polar surface area (TPSA) is 89.4 Å². The Balaban J connectivity index is 2.78. The summed E-state index contributed by atoms with van der Waals surface area (Å²) < 4.78 is 0. The Hall–Kier alpha value is -1.62. The molecule has 0 fully saturated rings. The molecule has 0 aliphatic carbocycles. The number of nitrogens with two attached hydrogens (primary N) is 1. The van der Waals surface area contributed by atoms with Gasteiger partial charge < -0.3 is 10.8 Å². The van der Waals surface area contributed by atoms with Gasteiger partial charge in [0.2, 0.25) is 0 Å². The molecule has 0 aromatic heterocycles. The molecule has 0 amide bonds. The van der Waals surface area contributed by atoms with E-state index in [0.717, 1.165) is 12.0 Å². The number of aryl methyl sites for hydroxylation is 1. The number of hydrogen-bond acceptors (Lipinski definition) is 4. The number of phenols is 1. The van der Waals surface area contributed by atoms with Crippen LogP contribution in [-0.2, 0) is 6.42 Å². The third-order valence-electron chi connectivity index (χ3n) is 2.12. The van der Waals surface area contributed by atoms with Crippen LogP contribution in [0.15, 0.2) is 18.2 Å². The lowest BCUT2D eigenvalue weighted by molar-refractivity contribution is -0.385. The van der Waals surface area contributed by atoms with E-state index in [9.17, 15) is 15.2 Å². The van der Waals surface area contributed by atoms with Gasteiger partial charge in [-0.2, -0.15) is 0 Å². The zero-order valence-corrected chi connectivity index (χ0v) is 8.51. The van der Waals surface area contributed by atoms with Gasteiger partial charge in [0.25, 0.3) is 0 Å². The van der Waals surface area contributed by atoms with Crippen LogP contribution in [0.3, 0.4) is 0 Å². The van der Waals surface area contributed by atoms with Gasteiger partial charge in [0.05, 0.1) is 4.92 Å². The van der Waals surface area contributed by atoms with Crippen LogP contribution in [0.4, 0.5) is 5.69 Å². The molecule has 0 heterocycles. The van der Waals surface area contributed by atoms with Gasteiger partial charge >= 0.3 is 5.69 Å². The Kier molecular flexibility index (Phi) is 3.62. The highest BCUT2D eigenvalue weighted by Crippen LogP contribution is 2.26. The van der Waals surface area contributed by atoms with Gasteiger partial charge in [0, 0.05) is 12.1 Å². The van der Waals surface area contributed by atoms with Crippen molar-refractivity contribution in [3.8, 4) is 5.75 Å². The highest BCUT2D eigenvalue weighted by molar-refractivity contribution is 5.47. The quantitative estimate of drug-likeness (QED) is 0.583. The van der Waals surface area contributed by atoms with Crippen LogP contribution in [0.25, 0.3) is 0 Å². The highest BCUT2D eigenvalue weighted by Gasteiger charge is 2.12. The van der Waals surface area contributed by atoms with Crippen LogP contribution in [0, 0.1) is 10.1 Å². The second kappa shape index (κ2) is 4.75. The zero-order chi connectivity index (χ0) is 11.4. The first-order valence-electron chi connectivity index (χ1n) is 4.72. The molecule has 0 aliphatic heterocycles. The Morgan fingerprint density at radius 3 is 2.73 bits per heavy atom. The molecule has 0 bridgehead atoms. The summed E-state index contributed by atoms with van der Waals surface area (Å²) in [6.07, 6.45) is 1.50. The third kappa shape index (κ3) is 3.21. The lowest BCUT2D eigenvalue weighted by Gasteiger charge is -2.05. The minimum Gasteiger partial charge on any atom is -0.502 e. The summed E-state index contributed by atoms with van der Waals surface area (Å²) in [5, 5.41) is 19.8. The molecule has 1 aromatic rings. The first-order valence-corrected chi connectivity index (χ1v) is 4.72. The fraction of sp³-hybridized carbons (Fsp3) is 0.400. The predicted octanol–water partition coefficient (Wildman–Crippen LogP) is 1.58. The summed E-state index contributed by atoms with van der Waals surface area (Å²) in [5.41, 5.74) is 6.18. The number of benzene rings is 1. The minimum absolute atomic E-state index is 0.0855. The van der Waals surface area contributed by atoms with Crippen molar-refractivity contribution in [1.82, 2.24) is 0 Å². The van der Waals surface area contributed by atoms with Crippen LogP contribution < -0.4 is 5.73 Å². The molecular weight excluding hydrogens is 196 g/mol. The second-order valence-electron chi connectivity index (χ2n) is 3.60. The molecule has 5 heteroatoms. The van der Waals surface area contributed by atoms with Crippen molar-refractivity contribution in [2.24, 2.45) is 5.73 Å². The average molecular weight is 210 g/mol. The molecule has 0 saturated carbocycles. The van der Waals surface area contributed by atoms with E-state index in [0.29, 0.717) is 6.42 Å². The first-order chi connectivity index (χ1) is 7.00. The zero-order valence-electron chi connectivity index (χ0n) is 8.51. The van der Waals surface area contributed by atoms with E-state index in [2.05, 4.69) is 0 Å². The van der Waals surface area contributed by atoms with Gasteiger partial charge in [-0.1, -0.05) is 6.07 Å². The van der Waals surface area contributed by atoms with Crippen molar-refractivity contribution < 1.29 is 10.0 Å². The smallest absolute Gasteiger partial charge is 0.310 e. The molecular formula is C10H14N2O3. The number of nitro benzene ring substituents is 1. The molecule has 1 rings (SSSR count). The van der Waals surface area contributed by atoms with Crippen LogP contribution in [0.2, 0.25) is 0 Å². The summed E-state index contributed by atoms with van der Waals surface area (Å²) in [6, 6.07) is 4.45. The first kappa shape index (κ1) is 11.5. The molecule has 0 spiro atoms. The number of phenolic OH excluding ortho intramolecular Hbond substituents is 1. The van der Waals surface area contributed by atoms with Crippen molar-refractivity contribution >= 4 is 5.69 Å². The van der Waals surface area contributed by atoms with E-state index < -0.39 is 4.92 Å². The molecule has 1 aromatic carbocycles. The summed E-state index contributed by atoms with van der Waals surface area (Å²) in [7, 11) is 0. The number of hydrogen-bond donors (Lipinski definition) is 2. The van der Waals surface area contributed by atoms with Gasteiger partial charge in [0.15, 0.2) is 5.75 Å². The largest absolute Gasteiger partial charge is 0.502 e. The van der Waals surface area contributed by atoms with Crippen molar-refractivity contribution in [3.05, 3.63) is 33.9 Å². The van der Waals surface area contributed by atoms with Crippen molar-refractivity contribution in [1.29, 1.82) is 0 Å². The summed E-state index contributed by atoms with van der Waals surface area (Å²) in [5.74, 6) is -0.290. The van der Waals surface area contributed by atoms with E-state index in [1.807, 2.05) is 6.92 Å². The fourth-order valence-electron chi connectivity index (χ4n) is 1.27. The van der Waals surface area contributed by atoms with Gasteiger partial charge in [-0.25, -0.2) is 0 Å². The fourth-order valence-corrected chi connectivity index (χ4v) is 1.27. The van der Waals surface area contributed by atoms with Gasteiger partial charge in [0.1, 0.15) is 0 Å². The molecule has 0 aliphatic rings. The van der Waals surface area contributed by atoms with E-state index >= 15 is 0 Å². The average Bonchev–Trinajstić information content (AvgIpc) is 2.14. The van der Waals surface area contributed by atoms with E-state index in [1.165, 1.54) is 12.1 Å². The Morgan fingerprint density at radius 2 is 2.27 bits per heavy atom. The predicted molar refractivity (Wildman–Crippen MR) is 56.7 cm³/mol. The van der Waals surface area contributed by atoms with Crippen LogP contribution in [0.5, 0.6) is 5.75 Å². The second-order valence-corrected chi connectivity index (χ2v) is 3.60. The Morgan fingerprint density at radius 1 is 1.60 bits per heavy atom. The third-order valence-corrected chi connectivity index (χ3v) is 2.12. The maximum absolute atomic E-state index is 10.4. The minimum atomic E-state index is -0.606. The Labute approximate surface area is 87.7 Å². The summed E-state index contributed by atoms with van der Waals surface area (Å²) in [6.45, 7) is 1.89. The normalized spacial score (nSPS) is 12.4. The van der Waals surface area contributed by atoms with Crippen molar-refractivity contribution in [2.75, 3.05) is 0 Å². The summed E-state index contributed by atoms with van der Waals surface area (Å²) in [4.78, 5) is 9.82. The molecule has 0 radical (unpaired) electrons. The lowest BCUT2D eigenvalue weighted by Crippen LogP contribution is -2.15. The van der Waals surface area contributed by atoms with Crippen LogP contribution in [0.1, 0.15) is 18.9 Å². The number of nitro groups is 1. The molecule has 0 unspecified atom stereocenters. The maximum atomic E-state index is 10.4. The van der Waals surface area contributed by atoms with Crippen molar-refractivity contribution in [2.45, 2.75) is 25.8 Å². The molecule has 1 atom stereocenters. The van der Waals surface area contributed by atoms with Gasteiger partial charge in [-0.15, -0.1) is 0 Å². The van der Waals surface area contributed by atoms with Gasteiger partial charge in [-0.3, -0.25) is 10.1 Å². The van der Waals surface area contributed by atoms with E-state index in [-0.39, 0.29) is 17.5 Å². The number of nitrogens with zero attached hydrogens (tertiary/aromatic N) is 1. The van der Waals surface area contributed by atoms with E-state index in [4.69, 9.17) is 5.73 Å². The number of aromatic hydroxyl groups is 1. The SMILES string of the molecule is C[C@@H](N)CCc1ccc([N+](=O)[O-])c(O)c1. The molecule has 5 nitrogen and oxygen atoms in total. The lowest BCUT2D eigenvalue weighted by atomic mass is 10.1. The van der Waals surface area contributed by atoms with Gasteiger partial charge in [-0.05, 0) is 31.4 Å². The highest BCUT2D eigenvalue weighted by atomic mass is 16.6. The van der Waals surface area contributed by atoms with Crippen LogP contribution >= 0.6 is 0 Å². The molecule has 3 N–H and O–H groups in total. The number of rotatable bonds is 4. The molecule has 15 heavy (non-hydrogen) atoms. The van der Waals surface area contributed by atoms with Crippen molar-refractivity contribution in [3.63, 3.8) is 0 Å². The van der Waals surface area contributed by atoms with E-state index in [1.54, 1.807) is 6.07 Å².